The van der Waals surface area contributed by atoms with Crippen LogP contribution in [0.15, 0.2) is 28.3 Å². The summed E-state index contributed by atoms with van der Waals surface area (Å²) in [6.07, 6.45) is 2.10. The third-order valence-corrected chi connectivity index (χ3v) is 2.22. The van der Waals surface area contributed by atoms with Crippen molar-refractivity contribution in [3.8, 4) is 0 Å². The van der Waals surface area contributed by atoms with Crippen molar-refractivity contribution in [3.05, 3.63) is 39.5 Å². The Morgan fingerprint density at radius 2 is 1.75 bits per heavy atom. The first-order valence-electron chi connectivity index (χ1n) is 4.10. The maximum Gasteiger partial charge on any atom is -0.0219 e. The average molecular weight is 268 g/mol. The summed E-state index contributed by atoms with van der Waals surface area (Å²) in [5.41, 5.74) is 2.68. The van der Waals surface area contributed by atoms with E-state index in [0.29, 0.717) is 5.92 Å². The van der Waals surface area contributed by atoms with E-state index in [9.17, 15) is 0 Å². The lowest BCUT2D eigenvalue weighted by molar-refractivity contribution is 0.866. The molecule has 0 aliphatic rings. The molecule has 64 valence electrons. The van der Waals surface area contributed by atoms with Gasteiger partial charge in [-0.15, -0.1) is 0 Å². The van der Waals surface area contributed by atoms with Crippen LogP contribution in [0, 0.1) is 0 Å². The molecule has 0 saturated heterocycles. The van der Waals surface area contributed by atoms with Crippen LogP contribution in [0.4, 0.5) is 0 Å². The number of benzene rings is 1. The van der Waals surface area contributed by atoms with Crippen molar-refractivity contribution in [1.82, 2.24) is 0 Å². The molecule has 0 fully saturated rings. The highest BCUT2D eigenvalue weighted by atomic mass is 123. The van der Waals surface area contributed by atoms with Gasteiger partial charge in [-0.1, -0.05) is 60.7 Å². The molecule has 0 nitrogen and oxygen atoms in total. The van der Waals surface area contributed by atoms with E-state index in [4.69, 9.17) is 0 Å². The van der Waals surface area contributed by atoms with Gasteiger partial charge in [0.15, 0.2) is 0 Å². The lowest BCUT2D eigenvalue weighted by atomic mass is 10.0. The fourth-order valence-electron chi connectivity index (χ4n) is 1.06. The van der Waals surface area contributed by atoms with Crippen LogP contribution in [-0.2, 0) is 0 Å². The van der Waals surface area contributed by atoms with Gasteiger partial charge in [-0.3, -0.25) is 0 Å². The molecule has 0 aromatic heterocycles. The largest absolute Gasteiger partial charge is 0.0587 e. The lowest BCUT2D eigenvalue weighted by Crippen LogP contribution is -1.85. The fourth-order valence-corrected chi connectivity index (χ4v) is 1.48. The Bertz CT molecular complexity index is 257. The average Bonchev–Trinajstić information content (AvgIpc) is 2.06. The maximum atomic E-state index is 2.23. The molecule has 1 aromatic rings. The topological polar surface area (TPSA) is 0 Å². The zero-order valence-electron chi connectivity index (χ0n) is 7.42. The molecular weight excluding hydrogens is 255 g/mol. The van der Waals surface area contributed by atoms with Crippen LogP contribution in [0.5, 0.6) is 0 Å². The molecule has 0 radical (unpaired) electrons. The van der Waals surface area contributed by atoms with Gasteiger partial charge >= 0.3 is 0 Å². The summed E-state index contributed by atoms with van der Waals surface area (Å²) >= 11 is 2.23. The van der Waals surface area contributed by atoms with Crippen LogP contribution < -0.4 is 0 Å². The summed E-state index contributed by atoms with van der Waals surface area (Å²) < 4.78 is 2.03. The van der Waals surface area contributed by atoms with Crippen LogP contribution in [0.25, 0.3) is 6.08 Å². The predicted molar refractivity (Wildman–Crippen MR) is 63.6 cm³/mol. The maximum absolute atomic E-state index is 2.23. The van der Waals surface area contributed by atoms with Crippen LogP contribution >= 0.6 is 22.6 Å². The predicted octanol–water partition coefficient (Wildman–Crippen LogP) is 4.22. The smallest absolute Gasteiger partial charge is 0.0219 e. The van der Waals surface area contributed by atoms with Crippen molar-refractivity contribution >= 4 is 28.7 Å². The van der Waals surface area contributed by atoms with E-state index in [2.05, 4.69) is 66.8 Å². The van der Waals surface area contributed by atoms with Crippen LogP contribution in [-0.4, -0.2) is 0 Å². The molecule has 0 atom stereocenters. The Kier molecular flexibility index (Phi) is 3.79. The molecule has 1 rings (SSSR count). The van der Waals surface area contributed by atoms with E-state index in [0.717, 1.165) is 0 Å². The van der Waals surface area contributed by atoms with E-state index in [1.165, 1.54) is 11.1 Å². The summed E-state index contributed by atoms with van der Waals surface area (Å²) in [4.78, 5) is 0. The van der Waals surface area contributed by atoms with Crippen molar-refractivity contribution < 1.29 is 0 Å². The number of hydrogen-bond acceptors (Lipinski definition) is 0. The van der Waals surface area contributed by atoms with Gasteiger partial charge in [-0.25, -0.2) is 0 Å². The fraction of sp³-hybridized carbons (Fsp3) is 0.273. The SMILES string of the molecule is CC(C)c1ccc(C=C[123I])cc1. The van der Waals surface area contributed by atoms with Crippen molar-refractivity contribution in [2.24, 2.45) is 0 Å². The Morgan fingerprint density at radius 3 is 2.17 bits per heavy atom. The normalized spacial score (nSPS) is 11.3. The first-order valence-corrected chi connectivity index (χ1v) is 5.35. The molecule has 0 aliphatic heterocycles. The van der Waals surface area contributed by atoms with Crippen LogP contribution in [0.2, 0.25) is 0 Å². The zero-order chi connectivity index (χ0) is 8.97. The van der Waals surface area contributed by atoms with E-state index in [1.807, 2.05) is 4.08 Å². The zero-order valence-corrected chi connectivity index (χ0v) is 9.58. The molecule has 0 unspecified atom stereocenters. The van der Waals surface area contributed by atoms with Crippen LogP contribution in [0.1, 0.15) is 30.9 Å². The van der Waals surface area contributed by atoms with E-state index in [1.54, 1.807) is 0 Å². The summed E-state index contributed by atoms with van der Waals surface area (Å²) in [6.45, 7) is 4.42. The molecule has 0 amide bonds. The van der Waals surface area contributed by atoms with Gasteiger partial charge in [0.2, 0.25) is 0 Å². The molecule has 0 heterocycles. The second-order valence-electron chi connectivity index (χ2n) is 3.11. The van der Waals surface area contributed by atoms with Gasteiger partial charge in [0.05, 0.1) is 0 Å². The third kappa shape index (κ3) is 2.63. The highest BCUT2D eigenvalue weighted by molar-refractivity contribution is 14.1. The van der Waals surface area contributed by atoms with Crippen molar-refractivity contribution in [3.63, 3.8) is 0 Å². The first-order chi connectivity index (χ1) is 5.74. The summed E-state index contributed by atoms with van der Waals surface area (Å²) in [5, 5.41) is 0. The Labute approximate surface area is 87.8 Å². The molecule has 1 heteroatoms. The van der Waals surface area contributed by atoms with Gasteiger partial charge in [0, 0.05) is 0 Å². The molecule has 12 heavy (non-hydrogen) atoms. The number of rotatable bonds is 2. The summed E-state index contributed by atoms with van der Waals surface area (Å²) in [5.74, 6) is 0.627. The second kappa shape index (κ2) is 4.65. The molecule has 0 bridgehead atoms. The number of halogens is 1. The van der Waals surface area contributed by atoms with E-state index in [-0.39, 0.29) is 0 Å². The third-order valence-electron chi connectivity index (χ3n) is 1.86. The van der Waals surface area contributed by atoms with Gasteiger partial charge in [0.25, 0.3) is 0 Å². The minimum atomic E-state index is 0.627. The van der Waals surface area contributed by atoms with E-state index >= 15 is 0 Å². The monoisotopic (exact) mass is 268 g/mol. The van der Waals surface area contributed by atoms with E-state index < -0.39 is 0 Å². The minimum absolute atomic E-state index is 0.627. The highest BCUT2D eigenvalue weighted by Crippen LogP contribution is 2.15. The Balaban J connectivity index is 2.85. The molecule has 0 spiro atoms. The quantitative estimate of drug-likeness (QED) is 0.704. The van der Waals surface area contributed by atoms with Gasteiger partial charge in [-0.05, 0) is 27.2 Å². The molecule has 1 aromatic carbocycles. The molecule has 0 saturated carbocycles. The molecule has 0 aliphatic carbocycles. The second-order valence-corrected chi connectivity index (χ2v) is 3.83. The first kappa shape index (κ1) is 9.78. The Hall–Kier alpha value is -0.310. The number of hydrogen-bond donors (Lipinski definition) is 0. The summed E-state index contributed by atoms with van der Waals surface area (Å²) in [6, 6.07) is 8.70. The summed E-state index contributed by atoms with van der Waals surface area (Å²) in [7, 11) is 0. The van der Waals surface area contributed by atoms with Crippen molar-refractivity contribution in [1.29, 1.82) is 0 Å². The minimum Gasteiger partial charge on any atom is -0.0587 e. The molecular formula is C11H13I. The van der Waals surface area contributed by atoms with Crippen molar-refractivity contribution in [2.75, 3.05) is 0 Å². The standard InChI is InChI=1S/C11H13I/c1-9(2)11-5-3-10(4-6-11)7-8-12/h3-9H,1-2H3/i12-4. The Morgan fingerprint density at radius 1 is 1.17 bits per heavy atom. The van der Waals surface area contributed by atoms with Crippen molar-refractivity contribution in [2.45, 2.75) is 19.8 Å². The van der Waals surface area contributed by atoms with Gasteiger partial charge in [-0.2, -0.15) is 0 Å². The molecule has 0 N–H and O–H groups in total. The van der Waals surface area contributed by atoms with Gasteiger partial charge < -0.3 is 0 Å². The van der Waals surface area contributed by atoms with Gasteiger partial charge in [0.1, 0.15) is 0 Å². The van der Waals surface area contributed by atoms with Crippen LogP contribution in [0.3, 0.4) is 0 Å². The lowest BCUT2D eigenvalue weighted by Gasteiger charge is -2.04. The highest BCUT2D eigenvalue weighted by Gasteiger charge is 1.96.